The molecule has 0 radical (unpaired) electrons. The molecular formula is C8H6N2O4. The minimum Gasteiger partial charge on any atom is -0.477 e. The van der Waals surface area contributed by atoms with Gasteiger partial charge in [-0.1, -0.05) is 13.2 Å². The second-order valence-electron chi connectivity index (χ2n) is 1.79. The number of carbonyl (C=O) groups is 2. The molecule has 0 saturated heterocycles. The van der Waals surface area contributed by atoms with Gasteiger partial charge < -0.3 is 10.2 Å². The number of nitriles is 2. The van der Waals surface area contributed by atoms with Crippen molar-refractivity contribution in [3.8, 4) is 12.1 Å². The van der Waals surface area contributed by atoms with Crippen molar-refractivity contribution in [2.75, 3.05) is 0 Å². The molecule has 0 amide bonds. The van der Waals surface area contributed by atoms with Gasteiger partial charge in [0.15, 0.2) is 0 Å². The van der Waals surface area contributed by atoms with Crippen molar-refractivity contribution >= 4 is 11.9 Å². The Balaban J connectivity index is 0. The van der Waals surface area contributed by atoms with Gasteiger partial charge in [0.1, 0.15) is 23.3 Å². The first-order valence-corrected chi connectivity index (χ1v) is 3.01. The summed E-state index contributed by atoms with van der Waals surface area (Å²) >= 11 is 0. The van der Waals surface area contributed by atoms with Crippen LogP contribution in [-0.2, 0) is 9.59 Å². The Bertz CT molecular complexity index is 321. The van der Waals surface area contributed by atoms with E-state index in [0.29, 0.717) is 0 Å². The molecule has 6 heteroatoms. The Morgan fingerprint density at radius 2 is 1.14 bits per heavy atom. The number of carboxylic acid groups (broad SMARTS) is 2. The number of aliphatic carboxylic acids is 2. The summed E-state index contributed by atoms with van der Waals surface area (Å²) in [5.74, 6) is -2.52. The van der Waals surface area contributed by atoms with Gasteiger partial charge in [-0.25, -0.2) is 9.59 Å². The molecule has 0 aliphatic heterocycles. The Morgan fingerprint density at radius 3 is 1.14 bits per heavy atom. The first-order valence-electron chi connectivity index (χ1n) is 3.01. The van der Waals surface area contributed by atoms with Crippen LogP contribution in [0.2, 0.25) is 0 Å². The van der Waals surface area contributed by atoms with Gasteiger partial charge in [-0.2, -0.15) is 10.5 Å². The fourth-order valence-electron chi connectivity index (χ4n) is 0.0956. The zero-order chi connectivity index (χ0) is 11.7. The Hall–Kier alpha value is -2.60. The molecule has 0 spiro atoms. The zero-order valence-electron chi connectivity index (χ0n) is 7.02. The Labute approximate surface area is 79.6 Å². The molecule has 0 atom stereocenters. The summed E-state index contributed by atoms with van der Waals surface area (Å²) in [5, 5.41) is 31.3. The first kappa shape index (κ1) is 14.0. The van der Waals surface area contributed by atoms with Gasteiger partial charge >= 0.3 is 11.9 Å². The van der Waals surface area contributed by atoms with Crippen molar-refractivity contribution in [1.29, 1.82) is 10.5 Å². The van der Waals surface area contributed by atoms with Crippen LogP contribution in [-0.4, -0.2) is 22.2 Å². The SMILES string of the molecule is C=C(C#N)C(=O)O.C=C(C#N)C(=O)O. The second kappa shape index (κ2) is 7.07. The molecule has 14 heavy (non-hydrogen) atoms. The lowest BCUT2D eigenvalue weighted by molar-refractivity contribution is -0.133. The molecule has 72 valence electrons. The number of hydrogen-bond acceptors (Lipinski definition) is 4. The van der Waals surface area contributed by atoms with Crippen LogP contribution in [0.25, 0.3) is 0 Å². The van der Waals surface area contributed by atoms with Gasteiger partial charge in [0.2, 0.25) is 0 Å². The van der Waals surface area contributed by atoms with Crippen molar-refractivity contribution in [3.63, 3.8) is 0 Å². The van der Waals surface area contributed by atoms with Crippen LogP contribution in [0.3, 0.4) is 0 Å². The van der Waals surface area contributed by atoms with Crippen molar-refractivity contribution in [3.05, 3.63) is 24.3 Å². The molecule has 0 aromatic heterocycles. The van der Waals surface area contributed by atoms with E-state index in [1.165, 1.54) is 12.1 Å². The quantitative estimate of drug-likeness (QED) is 0.481. The minimum atomic E-state index is -1.26. The van der Waals surface area contributed by atoms with E-state index in [4.69, 9.17) is 20.7 Å². The average Bonchev–Trinajstić information content (AvgIpc) is 2.15. The zero-order valence-corrected chi connectivity index (χ0v) is 7.02. The van der Waals surface area contributed by atoms with Crippen molar-refractivity contribution in [2.24, 2.45) is 0 Å². The predicted octanol–water partition coefficient (Wildman–Crippen LogP) is 0.302. The molecule has 0 heterocycles. The molecule has 0 fully saturated rings. The summed E-state index contributed by atoms with van der Waals surface area (Å²) in [6.45, 7) is 5.82. The molecule has 6 nitrogen and oxygen atoms in total. The van der Waals surface area contributed by atoms with Crippen LogP contribution in [0.5, 0.6) is 0 Å². The summed E-state index contributed by atoms with van der Waals surface area (Å²) in [6, 6.07) is 2.74. The van der Waals surface area contributed by atoms with Crippen LogP contribution >= 0.6 is 0 Å². The van der Waals surface area contributed by atoms with E-state index in [1.54, 1.807) is 0 Å². The lowest BCUT2D eigenvalue weighted by Crippen LogP contribution is -1.94. The van der Waals surface area contributed by atoms with E-state index in [2.05, 4.69) is 13.2 Å². The van der Waals surface area contributed by atoms with Crippen molar-refractivity contribution in [1.82, 2.24) is 0 Å². The standard InChI is InChI=1S/2C4H3NO2/c2*1-3(2-5)4(6)7/h2*1H2,(H,6,7). The highest BCUT2D eigenvalue weighted by Gasteiger charge is 1.98. The molecule has 0 unspecified atom stereocenters. The maximum Gasteiger partial charge on any atom is 0.345 e. The summed E-state index contributed by atoms with van der Waals surface area (Å²) in [7, 11) is 0. The fraction of sp³-hybridized carbons (Fsp3) is 0. The van der Waals surface area contributed by atoms with E-state index in [9.17, 15) is 9.59 Å². The van der Waals surface area contributed by atoms with Gasteiger partial charge in [0, 0.05) is 0 Å². The monoisotopic (exact) mass is 194 g/mol. The summed E-state index contributed by atoms with van der Waals surface area (Å²) < 4.78 is 0. The maximum absolute atomic E-state index is 9.61. The minimum absolute atomic E-state index is 0.431. The van der Waals surface area contributed by atoms with E-state index < -0.39 is 23.1 Å². The molecule has 0 aromatic rings. The first-order chi connectivity index (χ1) is 6.36. The van der Waals surface area contributed by atoms with Gasteiger partial charge in [-0.15, -0.1) is 0 Å². The topological polar surface area (TPSA) is 122 Å². The third-order valence-electron chi connectivity index (χ3n) is 0.786. The van der Waals surface area contributed by atoms with Crippen LogP contribution in [0.15, 0.2) is 24.3 Å². The lowest BCUT2D eigenvalue weighted by Gasteiger charge is -1.76. The largest absolute Gasteiger partial charge is 0.477 e. The van der Waals surface area contributed by atoms with Gasteiger partial charge in [-0.3, -0.25) is 0 Å². The molecule has 0 aliphatic carbocycles. The van der Waals surface area contributed by atoms with Gasteiger partial charge in [-0.05, 0) is 0 Å². The highest BCUT2D eigenvalue weighted by Crippen LogP contribution is 1.82. The van der Waals surface area contributed by atoms with Crippen LogP contribution in [0, 0.1) is 22.7 Å². The van der Waals surface area contributed by atoms with E-state index in [0.717, 1.165) is 0 Å². The molecule has 0 rings (SSSR count). The third-order valence-corrected chi connectivity index (χ3v) is 0.786. The highest BCUT2D eigenvalue weighted by molar-refractivity contribution is 5.90. The smallest absolute Gasteiger partial charge is 0.345 e. The number of rotatable bonds is 2. The van der Waals surface area contributed by atoms with Gasteiger partial charge in [0.05, 0.1) is 0 Å². The van der Waals surface area contributed by atoms with Crippen LogP contribution < -0.4 is 0 Å². The summed E-state index contributed by atoms with van der Waals surface area (Å²) in [4.78, 5) is 19.2. The maximum atomic E-state index is 9.61. The van der Waals surface area contributed by atoms with E-state index >= 15 is 0 Å². The molecule has 0 aliphatic rings. The number of hydrogen-bond donors (Lipinski definition) is 2. The molecule has 0 saturated carbocycles. The van der Waals surface area contributed by atoms with Crippen molar-refractivity contribution in [2.45, 2.75) is 0 Å². The normalized spacial score (nSPS) is 6.71. The molecule has 0 aromatic carbocycles. The van der Waals surface area contributed by atoms with E-state index in [1.807, 2.05) is 0 Å². The van der Waals surface area contributed by atoms with Gasteiger partial charge in [0.25, 0.3) is 0 Å². The Morgan fingerprint density at radius 1 is 0.929 bits per heavy atom. The number of carboxylic acids is 2. The Kier molecular flexibility index (Phi) is 7.05. The average molecular weight is 194 g/mol. The van der Waals surface area contributed by atoms with E-state index in [-0.39, 0.29) is 0 Å². The van der Waals surface area contributed by atoms with Crippen LogP contribution in [0.1, 0.15) is 0 Å². The third kappa shape index (κ3) is 7.51. The lowest BCUT2D eigenvalue weighted by atomic mass is 10.4. The highest BCUT2D eigenvalue weighted by atomic mass is 16.4. The van der Waals surface area contributed by atoms with Crippen LogP contribution in [0.4, 0.5) is 0 Å². The predicted molar refractivity (Wildman–Crippen MR) is 44.8 cm³/mol. The molecular weight excluding hydrogens is 188 g/mol. The second-order valence-corrected chi connectivity index (χ2v) is 1.79. The van der Waals surface area contributed by atoms with Crippen molar-refractivity contribution < 1.29 is 19.8 Å². The number of nitrogens with zero attached hydrogens (tertiary/aromatic N) is 2. The molecule has 0 bridgehead atoms. The fourth-order valence-corrected chi connectivity index (χ4v) is 0.0956. The summed E-state index contributed by atoms with van der Waals surface area (Å²) in [5.41, 5.74) is -0.861. The molecule has 2 N–H and O–H groups in total. The summed E-state index contributed by atoms with van der Waals surface area (Å²) in [6.07, 6.45) is 0.